The Morgan fingerprint density at radius 2 is 2.17 bits per heavy atom. The minimum atomic E-state index is 0.473. The second kappa shape index (κ2) is 6.49. The van der Waals surface area contributed by atoms with E-state index >= 15 is 0 Å². The minimum Gasteiger partial charge on any atom is -0.501 e. The summed E-state index contributed by atoms with van der Waals surface area (Å²) in [5, 5.41) is 0. The van der Waals surface area contributed by atoms with Gasteiger partial charge >= 0.3 is 0 Å². The van der Waals surface area contributed by atoms with Crippen LogP contribution in [0.3, 0.4) is 0 Å². The maximum absolute atomic E-state index is 5.56. The number of hydrogen-bond donors (Lipinski definition) is 0. The predicted molar refractivity (Wildman–Crippen MR) is 98.0 cm³/mol. The summed E-state index contributed by atoms with van der Waals surface area (Å²) < 4.78 is 5.56. The Morgan fingerprint density at radius 1 is 1.39 bits per heavy atom. The quantitative estimate of drug-likeness (QED) is 0.555. The van der Waals surface area contributed by atoms with Gasteiger partial charge in [0.25, 0.3) is 0 Å². The number of ether oxygens (including phenoxy) is 1. The molecule has 0 bridgehead atoms. The third-order valence-electron chi connectivity index (χ3n) is 7.04. The summed E-state index contributed by atoms with van der Waals surface area (Å²) in [7, 11) is 1.82. The second-order valence-electron chi connectivity index (χ2n) is 8.41. The zero-order chi connectivity index (χ0) is 16.6. The maximum atomic E-state index is 5.56. The van der Waals surface area contributed by atoms with E-state index in [-0.39, 0.29) is 0 Å². The first-order valence-corrected chi connectivity index (χ1v) is 9.64. The zero-order valence-corrected chi connectivity index (χ0v) is 15.5. The lowest BCUT2D eigenvalue weighted by Crippen LogP contribution is -2.44. The fourth-order valence-electron chi connectivity index (χ4n) is 6.07. The molecule has 0 aliphatic heterocycles. The van der Waals surface area contributed by atoms with E-state index in [2.05, 4.69) is 39.5 Å². The zero-order valence-electron chi connectivity index (χ0n) is 15.5. The minimum absolute atomic E-state index is 0.473. The lowest BCUT2D eigenvalue weighted by Gasteiger charge is -2.53. The van der Waals surface area contributed by atoms with Gasteiger partial charge in [-0.3, -0.25) is 0 Å². The van der Waals surface area contributed by atoms with Crippen molar-refractivity contribution in [2.45, 2.75) is 65.7 Å². The van der Waals surface area contributed by atoms with Crippen LogP contribution in [-0.4, -0.2) is 7.11 Å². The van der Waals surface area contributed by atoms with Crippen LogP contribution in [0.2, 0.25) is 0 Å². The van der Waals surface area contributed by atoms with Gasteiger partial charge in [-0.15, -0.1) is 6.58 Å². The fourth-order valence-corrected chi connectivity index (χ4v) is 6.07. The number of methoxy groups -OCH3 is 1. The highest BCUT2D eigenvalue weighted by atomic mass is 16.5. The third kappa shape index (κ3) is 2.81. The Morgan fingerprint density at radius 3 is 2.83 bits per heavy atom. The Kier molecular flexibility index (Phi) is 4.76. The van der Waals surface area contributed by atoms with Gasteiger partial charge in [-0.1, -0.05) is 38.8 Å². The third-order valence-corrected chi connectivity index (χ3v) is 7.04. The molecule has 0 amide bonds. The van der Waals surface area contributed by atoms with Crippen LogP contribution in [0.1, 0.15) is 65.7 Å². The van der Waals surface area contributed by atoms with Crippen LogP contribution in [0.25, 0.3) is 0 Å². The molecule has 3 rings (SSSR count). The molecular formula is C22H34O. The normalized spacial score (nSPS) is 40.1. The molecule has 5 unspecified atom stereocenters. The second-order valence-corrected chi connectivity index (χ2v) is 8.41. The van der Waals surface area contributed by atoms with Crippen molar-refractivity contribution in [3.63, 3.8) is 0 Å². The van der Waals surface area contributed by atoms with Crippen LogP contribution in [0.15, 0.2) is 35.6 Å². The van der Waals surface area contributed by atoms with Crippen molar-refractivity contribution >= 4 is 0 Å². The van der Waals surface area contributed by atoms with E-state index in [0.717, 1.165) is 18.3 Å². The van der Waals surface area contributed by atoms with Gasteiger partial charge in [0.1, 0.15) is 0 Å². The Labute approximate surface area is 142 Å². The Bertz CT molecular complexity index is 526. The van der Waals surface area contributed by atoms with Crippen molar-refractivity contribution in [2.24, 2.45) is 29.1 Å². The summed E-state index contributed by atoms with van der Waals surface area (Å²) in [5.41, 5.74) is 3.84. The first-order chi connectivity index (χ1) is 11.0. The van der Waals surface area contributed by atoms with Crippen molar-refractivity contribution in [1.82, 2.24) is 0 Å². The molecule has 0 saturated heterocycles. The molecule has 0 N–H and O–H groups in total. The van der Waals surface area contributed by atoms with Crippen molar-refractivity contribution in [1.29, 1.82) is 0 Å². The van der Waals surface area contributed by atoms with Crippen LogP contribution in [0.4, 0.5) is 0 Å². The summed E-state index contributed by atoms with van der Waals surface area (Å²) in [5.74, 6) is 4.13. The lowest BCUT2D eigenvalue weighted by molar-refractivity contribution is 0.0368. The van der Waals surface area contributed by atoms with Crippen LogP contribution in [0, 0.1) is 29.1 Å². The van der Waals surface area contributed by atoms with Crippen LogP contribution in [-0.2, 0) is 4.74 Å². The Balaban J connectivity index is 1.93. The molecule has 0 aromatic carbocycles. The smallest absolute Gasteiger partial charge is 0.0964 e. The van der Waals surface area contributed by atoms with Gasteiger partial charge in [0, 0.05) is 6.42 Å². The molecular weight excluding hydrogens is 280 g/mol. The number of allylic oxidation sites excluding steroid dienone is 5. The van der Waals surface area contributed by atoms with Gasteiger partial charge in [-0.2, -0.15) is 0 Å². The fraction of sp³-hybridized carbons (Fsp3) is 0.727. The summed E-state index contributed by atoms with van der Waals surface area (Å²) in [6, 6.07) is 0. The van der Waals surface area contributed by atoms with Gasteiger partial charge < -0.3 is 4.74 Å². The molecule has 1 saturated carbocycles. The number of fused-ring (bicyclic) bond motifs is 2. The molecule has 3 aliphatic rings. The van der Waals surface area contributed by atoms with E-state index in [1.807, 2.05) is 7.11 Å². The number of rotatable bonds is 4. The highest BCUT2D eigenvalue weighted by Gasteiger charge is 2.48. The molecule has 1 fully saturated rings. The predicted octanol–water partition coefficient (Wildman–Crippen LogP) is 6.28. The van der Waals surface area contributed by atoms with Crippen LogP contribution < -0.4 is 0 Å². The van der Waals surface area contributed by atoms with E-state index in [1.54, 1.807) is 11.1 Å². The van der Waals surface area contributed by atoms with E-state index in [4.69, 9.17) is 4.74 Å². The molecule has 0 heterocycles. The van der Waals surface area contributed by atoms with Crippen molar-refractivity contribution in [3.8, 4) is 0 Å². The van der Waals surface area contributed by atoms with Crippen molar-refractivity contribution in [2.75, 3.05) is 7.11 Å². The Hall–Kier alpha value is -0.980. The highest BCUT2D eigenvalue weighted by Crippen LogP contribution is 2.57. The first-order valence-electron chi connectivity index (χ1n) is 9.64. The largest absolute Gasteiger partial charge is 0.501 e. The molecule has 128 valence electrons. The van der Waals surface area contributed by atoms with Gasteiger partial charge in [0.2, 0.25) is 0 Å². The van der Waals surface area contributed by atoms with Crippen molar-refractivity contribution in [3.05, 3.63) is 35.6 Å². The summed E-state index contributed by atoms with van der Waals surface area (Å²) in [6.07, 6.45) is 13.7. The molecule has 0 aromatic heterocycles. The monoisotopic (exact) mass is 314 g/mol. The van der Waals surface area contributed by atoms with E-state index in [9.17, 15) is 0 Å². The molecule has 1 nitrogen and oxygen atoms in total. The number of hydrogen-bond acceptors (Lipinski definition) is 1. The topological polar surface area (TPSA) is 9.23 Å². The molecule has 1 heteroatoms. The van der Waals surface area contributed by atoms with Gasteiger partial charge in [0.05, 0.1) is 12.9 Å². The first kappa shape index (κ1) is 16.9. The van der Waals surface area contributed by atoms with Crippen molar-refractivity contribution < 1.29 is 4.74 Å². The molecule has 23 heavy (non-hydrogen) atoms. The van der Waals surface area contributed by atoms with E-state index < -0.39 is 0 Å². The average Bonchev–Trinajstić information content (AvgIpc) is 2.54. The average molecular weight is 315 g/mol. The van der Waals surface area contributed by atoms with E-state index in [0.29, 0.717) is 17.3 Å². The summed E-state index contributed by atoms with van der Waals surface area (Å²) >= 11 is 0. The van der Waals surface area contributed by atoms with Crippen LogP contribution in [0.5, 0.6) is 0 Å². The maximum Gasteiger partial charge on any atom is 0.0964 e. The highest BCUT2D eigenvalue weighted by molar-refractivity contribution is 5.38. The molecule has 0 aromatic rings. The standard InChI is InChI=1S/C22H34O/c1-6-11-22(4)12-10-19-18(20(22)7-2)9-8-16-14-17(23-5)13-15(3)21(16)19/h7,14-15,18-20H,2,6,8-13H2,1,3-5H3. The van der Waals surface area contributed by atoms with Gasteiger partial charge in [-0.05, 0) is 72.8 Å². The summed E-state index contributed by atoms with van der Waals surface area (Å²) in [4.78, 5) is 0. The van der Waals surface area contributed by atoms with E-state index in [1.165, 1.54) is 44.3 Å². The SMILES string of the molecule is C=CC1C2CCC3=C(C(C)CC(OC)=C3)C2CCC1(C)CCC. The van der Waals surface area contributed by atoms with Gasteiger partial charge in [0.15, 0.2) is 0 Å². The van der Waals surface area contributed by atoms with Gasteiger partial charge in [-0.25, -0.2) is 0 Å². The molecule has 3 aliphatic carbocycles. The molecule has 5 atom stereocenters. The molecule has 0 radical (unpaired) electrons. The molecule has 0 spiro atoms. The van der Waals surface area contributed by atoms with Crippen LogP contribution >= 0.6 is 0 Å². The summed E-state index contributed by atoms with van der Waals surface area (Å²) in [6.45, 7) is 11.5. The lowest BCUT2D eigenvalue weighted by atomic mass is 9.52.